The van der Waals surface area contributed by atoms with Crippen molar-refractivity contribution < 1.29 is 23.8 Å². The van der Waals surface area contributed by atoms with E-state index in [0.717, 1.165) is 6.54 Å². The number of furan rings is 1. The predicted molar refractivity (Wildman–Crippen MR) is 103 cm³/mol. The fourth-order valence-corrected chi connectivity index (χ4v) is 3.37. The summed E-state index contributed by atoms with van der Waals surface area (Å²) in [5.41, 5.74) is 0.717. The Morgan fingerprint density at radius 2 is 2.07 bits per heavy atom. The lowest BCUT2D eigenvalue weighted by Crippen LogP contribution is -2.33. The van der Waals surface area contributed by atoms with Crippen molar-refractivity contribution in [3.63, 3.8) is 0 Å². The quantitative estimate of drug-likeness (QED) is 0.705. The number of rotatable bonds is 8. The van der Waals surface area contributed by atoms with Gasteiger partial charge in [0.1, 0.15) is 5.75 Å². The van der Waals surface area contributed by atoms with Crippen LogP contribution in [0.2, 0.25) is 0 Å². The van der Waals surface area contributed by atoms with E-state index in [1.54, 1.807) is 31.4 Å². The maximum atomic E-state index is 13.0. The standard InChI is InChI=1S/C21H24N2O5/c1-22(2)10-6-11-23-18(14-7-4-8-15(13-14)27-3)17(20(25)21(23)26)19(24)16-9-5-12-28-16/h4-5,7-9,12-13,18,25H,6,10-11H2,1-3H3/t18-/m1/s1. The van der Waals surface area contributed by atoms with Crippen LogP contribution in [0, 0.1) is 0 Å². The molecule has 0 saturated carbocycles. The Morgan fingerprint density at radius 3 is 2.71 bits per heavy atom. The van der Waals surface area contributed by atoms with Crippen LogP contribution in [0.1, 0.15) is 28.6 Å². The third kappa shape index (κ3) is 3.80. The molecule has 1 aliphatic rings. The van der Waals surface area contributed by atoms with Crippen LogP contribution in [0.4, 0.5) is 0 Å². The summed E-state index contributed by atoms with van der Waals surface area (Å²) in [6.07, 6.45) is 2.09. The number of Topliss-reactive ketones (excluding diaryl/α,β-unsaturated/α-hetero) is 1. The molecule has 148 valence electrons. The molecule has 0 radical (unpaired) electrons. The first-order chi connectivity index (χ1) is 13.4. The van der Waals surface area contributed by atoms with Gasteiger partial charge < -0.3 is 24.1 Å². The lowest BCUT2D eigenvalue weighted by molar-refractivity contribution is -0.129. The zero-order valence-corrected chi connectivity index (χ0v) is 16.2. The molecule has 1 N–H and O–H groups in total. The van der Waals surface area contributed by atoms with Crippen molar-refractivity contribution in [2.24, 2.45) is 0 Å². The van der Waals surface area contributed by atoms with Crippen LogP contribution in [0.3, 0.4) is 0 Å². The summed E-state index contributed by atoms with van der Waals surface area (Å²) >= 11 is 0. The third-order valence-corrected chi connectivity index (χ3v) is 4.71. The van der Waals surface area contributed by atoms with E-state index in [2.05, 4.69) is 0 Å². The number of ether oxygens (including phenoxy) is 1. The minimum Gasteiger partial charge on any atom is -0.503 e. The summed E-state index contributed by atoms with van der Waals surface area (Å²) in [6, 6.07) is 9.57. The summed E-state index contributed by atoms with van der Waals surface area (Å²) < 4.78 is 10.5. The molecular formula is C21H24N2O5. The molecular weight excluding hydrogens is 360 g/mol. The van der Waals surface area contributed by atoms with Crippen LogP contribution in [-0.2, 0) is 4.79 Å². The molecule has 7 heteroatoms. The molecule has 1 aliphatic heterocycles. The van der Waals surface area contributed by atoms with Gasteiger partial charge in [0.25, 0.3) is 5.91 Å². The molecule has 1 atom stereocenters. The number of aliphatic hydroxyl groups excluding tert-OH is 1. The van der Waals surface area contributed by atoms with Crippen LogP contribution in [-0.4, -0.2) is 60.9 Å². The lowest BCUT2D eigenvalue weighted by Gasteiger charge is -2.27. The minimum atomic E-state index is -0.706. The average Bonchev–Trinajstić information content (AvgIpc) is 3.30. The Bertz CT molecular complexity index is 886. The Balaban J connectivity index is 2.02. The van der Waals surface area contributed by atoms with Crippen molar-refractivity contribution in [2.75, 3.05) is 34.3 Å². The second kappa shape index (κ2) is 8.31. The smallest absolute Gasteiger partial charge is 0.290 e. The lowest BCUT2D eigenvalue weighted by atomic mass is 9.95. The van der Waals surface area contributed by atoms with E-state index >= 15 is 0 Å². The number of hydrogen-bond donors (Lipinski definition) is 1. The Morgan fingerprint density at radius 1 is 1.29 bits per heavy atom. The molecule has 0 aliphatic carbocycles. The van der Waals surface area contributed by atoms with Crippen LogP contribution < -0.4 is 4.74 Å². The first-order valence-corrected chi connectivity index (χ1v) is 9.05. The normalized spacial score (nSPS) is 16.9. The number of benzene rings is 1. The molecule has 3 rings (SSSR count). The van der Waals surface area contributed by atoms with Crippen molar-refractivity contribution in [2.45, 2.75) is 12.5 Å². The molecule has 2 heterocycles. The van der Waals surface area contributed by atoms with Gasteiger partial charge in [0.2, 0.25) is 5.78 Å². The first-order valence-electron chi connectivity index (χ1n) is 9.05. The Labute approximate surface area is 163 Å². The molecule has 0 saturated heterocycles. The van der Waals surface area contributed by atoms with Crippen molar-refractivity contribution in [3.8, 4) is 5.75 Å². The van der Waals surface area contributed by atoms with Gasteiger partial charge >= 0.3 is 0 Å². The van der Waals surface area contributed by atoms with E-state index in [-0.39, 0.29) is 11.3 Å². The van der Waals surface area contributed by atoms with E-state index in [9.17, 15) is 14.7 Å². The number of hydrogen-bond acceptors (Lipinski definition) is 6. The highest BCUT2D eigenvalue weighted by Gasteiger charge is 2.44. The largest absolute Gasteiger partial charge is 0.503 e. The van der Waals surface area contributed by atoms with Crippen LogP contribution in [0.5, 0.6) is 5.75 Å². The number of carbonyl (C=O) groups is 2. The number of ketones is 1. The molecule has 0 bridgehead atoms. The van der Waals surface area contributed by atoms with Gasteiger partial charge in [-0.15, -0.1) is 0 Å². The van der Waals surface area contributed by atoms with E-state index in [0.29, 0.717) is 24.3 Å². The Kier molecular flexibility index (Phi) is 5.84. The van der Waals surface area contributed by atoms with Gasteiger partial charge in [0.15, 0.2) is 11.5 Å². The van der Waals surface area contributed by atoms with Crippen molar-refractivity contribution in [3.05, 3.63) is 65.3 Å². The SMILES string of the molecule is COc1cccc([C@@H]2C(C(=O)c3ccco3)=C(O)C(=O)N2CCCN(C)C)c1. The van der Waals surface area contributed by atoms with Crippen molar-refractivity contribution in [1.29, 1.82) is 0 Å². The first kappa shape index (κ1) is 19.7. The molecule has 1 aromatic heterocycles. The van der Waals surface area contributed by atoms with Gasteiger partial charge in [-0.25, -0.2) is 0 Å². The fraction of sp³-hybridized carbons (Fsp3) is 0.333. The highest BCUT2D eigenvalue weighted by molar-refractivity contribution is 6.15. The highest BCUT2D eigenvalue weighted by atomic mass is 16.5. The third-order valence-electron chi connectivity index (χ3n) is 4.71. The zero-order chi connectivity index (χ0) is 20.3. The van der Waals surface area contributed by atoms with Gasteiger partial charge in [0, 0.05) is 6.54 Å². The molecule has 2 aromatic rings. The second-order valence-corrected chi connectivity index (χ2v) is 6.90. The molecule has 7 nitrogen and oxygen atoms in total. The average molecular weight is 384 g/mol. The van der Waals surface area contributed by atoms with Gasteiger partial charge in [0.05, 0.1) is 25.0 Å². The number of nitrogens with zero attached hydrogens (tertiary/aromatic N) is 2. The van der Waals surface area contributed by atoms with Gasteiger partial charge in [-0.1, -0.05) is 12.1 Å². The summed E-state index contributed by atoms with van der Waals surface area (Å²) in [5, 5.41) is 10.5. The zero-order valence-electron chi connectivity index (χ0n) is 16.2. The molecule has 28 heavy (non-hydrogen) atoms. The minimum absolute atomic E-state index is 0.0260. The van der Waals surface area contributed by atoms with Crippen LogP contribution in [0.25, 0.3) is 0 Å². The highest BCUT2D eigenvalue weighted by Crippen LogP contribution is 2.39. The van der Waals surface area contributed by atoms with Crippen molar-refractivity contribution >= 4 is 11.7 Å². The Hall–Kier alpha value is -3.06. The van der Waals surface area contributed by atoms with Crippen LogP contribution in [0.15, 0.2) is 58.4 Å². The summed E-state index contributed by atoms with van der Waals surface area (Å²) in [6.45, 7) is 1.18. The van der Waals surface area contributed by atoms with Gasteiger partial charge in [-0.05, 0) is 56.9 Å². The van der Waals surface area contributed by atoms with Gasteiger partial charge in [-0.2, -0.15) is 0 Å². The predicted octanol–water partition coefficient (Wildman–Crippen LogP) is 2.82. The van der Waals surface area contributed by atoms with E-state index in [1.807, 2.05) is 25.1 Å². The number of aliphatic hydroxyl groups is 1. The topological polar surface area (TPSA) is 83.2 Å². The monoisotopic (exact) mass is 384 g/mol. The van der Waals surface area contributed by atoms with E-state index in [4.69, 9.17) is 9.15 Å². The van der Waals surface area contributed by atoms with E-state index < -0.39 is 23.5 Å². The number of methoxy groups -OCH3 is 1. The number of carbonyl (C=O) groups excluding carboxylic acids is 2. The molecule has 1 amide bonds. The molecule has 0 unspecified atom stereocenters. The molecule has 1 aromatic carbocycles. The summed E-state index contributed by atoms with van der Waals surface area (Å²) in [7, 11) is 5.45. The van der Waals surface area contributed by atoms with Crippen molar-refractivity contribution in [1.82, 2.24) is 9.80 Å². The van der Waals surface area contributed by atoms with E-state index in [1.165, 1.54) is 17.2 Å². The fourth-order valence-electron chi connectivity index (χ4n) is 3.37. The second-order valence-electron chi connectivity index (χ2n) is 6.90. The maximum absolute atomic E-state index is 13.0. The molecule has 0 fully saturated rings. The summed E-state index contributed by atoms with van der Waals surface area (Å²) in [5.74, 6) is -0.897. The van der Waals surface area contributed by atoms with Gasteiger partial charge in [-0.3, -0.25) is 9.59 Å². The maximum Gasteiger partial charge on any atom is 0.290 e. The molecule has 0 spiro atoms. The van der Waals surface area contributed by atoms with Crippen LogP contribution >= 0.6 is 0 Å². The number of amides is 1. The summed E-state index contributed by atoms with van der Waals surface area (Å²) in [4.78, 5) is 29.3.